The molecule has 3 aromatic rings. The molecule has 0 unspecified atom stereocenters. The van der Waals surface area contributed by atoms with Gasteiger partial charge in [-0.05, 0) is 55.2 Å². The highest BCUT2D eigenvalue weighted by atomic mass is 19.4. The average Bonchev–Trinajstić information content (AvgIpc) is 2.84. The van der Waals surface area contributed by atoms with E-state index in [0.29, 0.717) is 37.4 Å². The van der Waals surface area contributed by atoms with E-state index in [9.17, 15) is 22.8 Å². The number of para-hydroxylation sites is 1. The van der Waals surface area contributed by atoms with E-state index in [1.807, 2.05) is 29.2 Å². The molecule has 1 aliphatic rings. The van der Waals surface area contributed by atoms with Gasteiger partial charge in [0.2, 0.25) is 5.91 Å². The third kappa shape index (κ3) is 5.13. The van der Waals surface area contributed by atoms with Crippen LogP contribution in [0.3, 0.4) is 0 Å². The van der Waals surface area contributed by atoms with Crippen LogP contribution in [0.2, 0.25) is 0 Å². The molecule has 0 spiro atoms. The summed E-state index contributed by atoms with van der Waals surface area (Å²) in [5, 5.41) is 6.95. The quantitative estimate of drug-likeness (QED) is 0.589. The van der Waals surface area contributed by atoms with Gasteiger partial charge >= 0.3 is 6.18 Å². The highest BCUT2D eigenvalue weighted by Crippen LogP contribution is 2.35. The van der Waals surface area contributed by atoms with Gasteiger partial charge in [-0.2, -0.15) is 17.9 Å². The molecule has 9 heteroatoms. The first-order chi connectivity index (χ1) is 16.3. The number of alkyl halides is 3. The zero-order chi connectivity index (χ0) is 24.3. The molecule has 0 saturated carbocycles. The van der Waals surface area contributed by atoms with Crippen molar-refractivity contribution in [3.8, 4) is 5.69 Å². The van der Waals surface area contributed by atoms with Crippen molar-refractivity contribution >= 4 is 17.4 Å². The van der Waals surface area contributed by atoms with Crippen molar-refractivity contribution in [2.75, 3.05) is 23.3 Å². The van der Waals surface area contributed by atoms with Crippen LogP contribution in [0.15, 0.2) is 65.5 Å². The highest BCUT2D eigenvalue weighted by molar-refractivity contribution is 5.93. The number of halogens is 3. The van der Waals surface area contributed by atoms with Gasteiger partial charge in [-0.3, -0.25) is 9.59 Å². The molecule has 2 heterocycles. The van der Waals surface area contributed by atoms with E-state index in [1.54, 1.807) is 6.07 Å². The third-order valence-electron chi connectivity index (χ3n) is 6.06. The van der Waals surface area contributed by atoms with Crippen LogP contribution in [-0.2, 0) is 17.4 Å². The van der Waals surface area contributed by atoms with Crippen LogP contribution in [0.4, 0.5) is 24.7 Å². The summed E-state index contributed by atoms with van der Waals surface area (Å²) in [7, 11) is 0. The Morgan fingerprint density at radius 1 is 1.03 bits per heavy atom. The van der Waals surface area contributed by atoms with E-state index in [-0.39, 0.29) is 11.2 Å². The van der Waals surface area contributed by atoms with Gasteiger partial charge < -0.3 is 10.2 Å². The summed E-state index contributed by atoms with van der Waals surface area (Å²) in [4.78, 5) is 27.0. The third-order valence-corrected chi connectivity index (χ3v) is 6.06. The van der Waals surface area contributed by atoms with Crippen molar-refractivity contribution in [1.29, 1.82) is 0 Å². The minimum atomic E-state index is -4.54. The lowest BCUT2D eigenvalue weighted by molar-refractivity contribution is -0.137. The SMILES string of the molecule is CCc1ccc(-n2nc(N3CCC(C(=O)Nc4ccccc4C(F)(F)F)CC3)ccc2=O)cc1. The maximum atomic E-state index is 13.2. The minimum Gasteiger partial charge on any atom is -0.355 e. The number of hydrogen-bond acceptors (Lipinski definition) is 4. The number of carbonyl (C=O) groups excluding carboxylic acids is 1. The Labute approximate surface area is 195 Å². The second kappa shape index (κ2) is 9.70. The number of nitrogens with one attached hydrogen (secondary N) is 1. The Morgan fingerprint density at radius 3 is 2.35 bits per heavy atom. The number of aromatic nitrogens is 2. The number of anilines is 2. The number of piperidine rings is 1. The van der Waals surface area contributed by atoms with Crippen LogP contribution >= 0.6 is 0 Å². The first-order valence-corrected chi connectivity index (χ1v) is 11.2. The molecule has 1 N–H and O–H groups in total. The fraction of sp³-hybridized carbons (Fsp3) is 0.320. The van der Waals surface area contributed by atoms with Gasteiger partial charge in [0.25, 0.3) is 5.56 Å². The molecule has 0 aliphatic carbocycles. The number of nitrogens with zero attached hydrogens (tertiary/aromatic N) is 3. The van der Waals surface area contributed by atoms with Gasteiger partial charge in [0.1, 0.15) is 5.82 Å². The van der Waals surface area contributed by atoms with Gasteiger partial charge in [-0.15, -0.1) is 5.10 Å². The fourth-order valence-electron chi connectivity index (χ4n) is 4.07. The lowest BCUT2D eigenvalue weighted by atomic mass is 9.95. The first-order valence-electron chi connectivity index (χ1n) is 11.2. The van der Waals surface area contributed by atoms with E-state index in [4.69, 9.17) is 0 Å². The molecule has 1 fully saturated rings. The van der Waals surface area contributed by atoms with E-state index in [1.165, 1.54) is 28.9 Å². The second-order valence-corrected chi connectivity index (χ2v) is 8.26. The number of benzene rings is 2. The molecular weight excluding hydrogens is 445 g/mol. The summed E-state index contributed by atoms with van der Waals surface area (Å²) in [5.41, 5.74) is 0.489. The maximum Gasteiger partial charge on any atom is 0.418 e. The Hall–Kier alpha value is -3.62. The van der Waals surface area contributed by atoms with Crippen LogP contribution in [0.1, 0.15) is 30.9 Å². The van der Waals surface area contributed by atoms with Crippen LogP contribution in [0, 0.1) is 5.92 Å². The molecule has 0 radical (unpaired) electrons. The highest BCUT2D eigenvalue weighted by Gasteiger charge is 2.34. The van der Waals surface area contributed by atoms with E-state index >= 15 is 0 Å². The zero-order valence-corrected chi connectivity index (χ0v) is 18.7. The summed E-state index contributed by atoms with van der Waals surface area (Å²) in [6, 6.07) is 15.7. The predicted octanol–water partition coefficient (Wildman–Crippen LogP) is 4.67. The summed E-state index contributed by atoms with van der Waals surface area (Å²) in [6.45, 7) is 3.05. The number of hydrogen-bond donors (Lipinski definition) is 1. The first kappa shape index (κ1) is 23.5. The Balaban J connectivity index is 1.43. The number of rotatable bonds is 5. The van der Waals surface area contributed by atoms with Crippen LogP contribution in [-0.4, -0.2) is 28.8 Å². The molecule has 1 saturated heterocycles. The van der Waals surface area contributed by atoms with E-state index in [2.05, 4.69) is 17.3 Å². The molecule has 0 bridgehead atoms. The van der Waals surface area contributed by atoms with Gasteiger partial charge in [0.15, 0.2) is 0 Å². The smallest absolute Gasteiger partial charge is 0.355 e. The Kier molecular flexibility index (Phi) is 6.72. The van der Waals surface area contributed by atoms with E-state index in [0.717, 1.165) is 18.1 Å². The molecule has 6 nitrogen and oxygen atoms in total. The normalized spacial score (nSPS) is 14.8. The van der Waals surface area contributed by atoms with Crippen molar-refractivity contribution in [3.63, 3.8) is 0 Å². The lowest BCUT2D eigenvalue weighted by Crippen LogP contribution is -2.39. The van der Waals surface area contributed by atoms with Crippen molar-refractivity contribution in [3.05, 3.63) is 82.1 Å². The Bertz CT molecular complexity index is 1210. The number of carbonyl (C=O) groups is 1. The summed E-state index contributed by atoms with van der Waals surface area (Å²) in [5.74, 6) is -0.226. The van der Waals surface area contributed by atoms with Gasteiger partial charge in [0.05, 0.1) is 16.9 Å². The van der Waals surface area contributed by atoms with E-state index < -0.39 is 23.6 Å². The molecule has 0 atom stereocenters. The van der Waals surface area contributed by atoms with Gasteiger partial charge in [-0.25, -0.2) is 0 Å². The fourth-order valence-corrected chi connectivity index (χ4v) is 4.07. The molecule has 1 aromatic heterocycles. The molecule has 1 aliphatic heterocycles. The summed E-state index contributed by atoms with van der Waals surface area (Å²) >= 11 is 0. The molecule has 2 aromatic carbocycles. The van der Waals surface area contributed by atoms with Gasteiger partial charge in [-0.1, -0.05) is 31.2 Å². The monoisotopic (exact) mass is 470 g/mol. The van der Waals surface area contributed by atoms with Crippen LogP contribution in [0.25, 0.3) is 5.69 Å². The average molecular weight is 470 g/mol. The van der Waals surface area contributed by atoms with Gasteiger partial charge in [0, 0.05) is 25.1 Å². The molecular formula is C25H25F3N4O2. The topological polar surface area (TPSA) is 67.2 Å². The lowest BCUT2D eigenvalue weighted by Gasteiger charge is -2.32. The molecule has 1 amide bonds. The predicted molar refractivity (Wildman–Crippen MR) is 124 cm³/mol. The summed E-state index contributed by atoms with van der Waals surface area (Å²) in [6.07, 6.45) is -2.72. The van der Waals surface area contributed by atoms with Crippen molar-refractivity contribution in [1.82, 2.24) is 9.78 Å². The molecule has 178 valence electrons. The number of amides is 1. The Morgan fingerprint density at radius 2 is 1.71 bits per heavy atom. The maximum absolute atomic E-state index is 13.2. The largest absolute Gasteiger partial charge is 0.418 e. The second-order valence-electron chi connectivity index (χ2n) is 8.26. The zero-order valence-electron chi connectivity index (χ0n) is 18.7. The van der Waals surface area contributed by atoms with Crippen molar-refractivity contribution in [2.24, 2.45) is 5.92 Å². The standard InChI is InChI=1S/C25H25F3N4O2/c1-2-17-7-9-19(10-8-17)32-23(33)12-11-22(30-32)31-15-13-18(14-16-31)24(34)29-21-6-4-3-5-20(21)25(26,27)28/h3-12,18H,2,13-16H2,1H3,(H,29,34). The summed E-state index contributed by atoms with van der Waals surface area (Å²) < 4.78 is 41.0. The minimum absolute atomic E-state index is 0.231. The molecule has 34 heavy (non-hydrogen) atoms. The molecule has 4 rings (SSSR count). The van der Waals surface area contributed by atoms with Crippen LogP contribution < -0.4 is 15.8 Å². The number of aryl methyl sites for hydroxylation is 1. The van der Waals surface area contributed by atoms with Crippen molar-refractivity contribution < 1.29 is 18.0 Å². The van der Waals surface area contributed by atoms with Crippen LogP contribution in [0.5, 0.6) is 0 Å². The van der Waals surface area contributed by atoms with Crippen molar-refractivity contribution in [2.45, 2.75) is 32.4 Å².